The molecule has 8 heteroatoms. The van der Waals surface area contributed by atoms with Crippen LogP contribution in [0.1, 0.15) is 29.2 Å². The van der Waals surface area contributed by atoms with Gasteiger partial charge in [0.25, 0.3) is 5.91 Å². The summed E-state index contributed by atoms with van der Waals surface area (Å²) in [6.45, 7) is 7.94. The van der Waals surface area contributed by atoms with E-state index in [2.05, 4.69) is 15.7 Å². The average molecular weight is 349 g/mol. The molecule has 2 unspecified atom stereocenters. The number of carbonyl (C=O) groups excluding carboxylic acids is 2. The summed E-state index contributed by atoms with van der Waals surface area (Å²) < 4.78 is 1.78. The van der Waals surface area contributed by atoms with Crippen molar-refractivity contribution < 1.29 is 9.59 Å². The van der Waals surface area contributed by atoms with Crippen molar-refractivity contribution in [2.45, 2.75) is 32.9 Å². The topological polar surface area (TPSA) is 79.3 Å². The van der Waals surface area contributed by atoms with Crippen molar-refractivity contribution in [3.05, 3.63) is 16.6 Å². The minimum Gasteiger partial charge on any atom is -0.340 e. The van der Waals surface area contributed by atoms with Gasteiger partial charge in [0.15, 0.2) is 0 Å². The van der Waals surface area contributed by atoms with E-state index >= 15 is 0 Å². The summed E-state index contributed by atoms with van der Waals surface area (Å²) in [7, 11) is 1.87. The van der Waals surface area contributed by atoms with Crippen LogP contribution in [0.2, 0.25) is 0 Å². The highest BCUT2D eigenvalue weighted by Crippen LogP contribution is 2.27. The Hall–Kier alpha value is -1.93. The van der Waals surface area contributed by atoms with E-state index in [1.54, 1.807) is 11.6 Å². The predicted molar refractivity (Wildman–Crippen MR) is 94.3 cm³/mol. The number of aryl methyl sites for hydroxylation is 2. The third-order valence-corrected chi connectivity index (χ3v) is 5.62. The maximum Gasteiger partial charge on any atom is 0.262 e. The maximum atomic E-state index is 12.6. The standard InChI is InChI=1S/C16H23N5O2S/c1-9-8-17-5-6-21(9)15(23)11(3)18-14(22)13-7-12-10(2)19-20(4)16(12)24-13/h7,9,11,17H,5-6,8H2,1-4H3,(H,18,22). The fourth-order valence-corrected chi connectivity index (χ4v) is 4.09. The Labute approximate surface area is 145 Å². The van der Waals surface area contributed by atoms with Gasteiger partial charge < -0.3 is 15.5 Å². The molecule has 0 spiro atoms. The van der Waals surface area contributed by atoms with Crippen molar-refractivity contribution >= 4 is 33.4 Å². The van der Waals surface area contributed by atoms with E-state index in [9.17, 15) is 9.59 Å². The summed E-state index contributed by atoms with van der Waals surface area (Å²) in [6.07, 6.45) is 0. The number of fused-ring (bicyclic) bond motifs is 1. The van der Waals surface area contributed by atoms with Gasteiger partial charge in [-0.1, -0.05) is 0 Å². The molecule has 7 nitrogen and oxygen atoms in total. The molecule has 0 bridgehead atoms. The summed E-state index contributed by atoms with van der Waals surface area (Å²) in [5.74, 6) is -0.240. The van der Waals surface area contributed by atoms with Crippen molar-refractivity contribution in [1.29, 1.82) is 0 Å². The fraction of sp³-hybridized carbons (Fsp3) is 0.562. The molecule has 2 aromatic heterocycles. The second-order valence-electron chi connectivity index (χ2n) is 6.32. The zero-order valence-electron chi connectivity index (χ0n) is 14.4. The fourth-order valence-electron chi connectivity index (χ4n) is 3.06. The number of hydrogen-bond acceptors (Lipinski definition) is 5. The van der Waals surface area contributed by atoms with E-state index in [1.807, 2.05) is 31.9 Å². The van der Waals surface area contributed by atoms with Gasteiger partial charge in [0.1, 0.15) is 10.9 Å². The SMILES string of the molecule is Cc1nn(C)c2sc(C(=O)NC(C)C(=O)N3CCNCC3C)cc12. The van der Waals surface area contributed by atoms with Gasteiger partial charge in [-0.15, -0.1) is 11.3 Å². The third-order valence-electron chi connectivity index (χ3n) is 4.42. The predicted octanol–water partition coefficient (Wildman–Crippen LogP) is 0.882. The highest BCUT2D eigenvalue weighted by Gasteiger charge is 2.28. The molecule has 3 rings (SSSR count). The highest BCUT2D eigenvalue weighted by molar-refractivity contribution is 7.20. The number of hydrogen-bond donors (Lipinski definition) is 2. The Kier molecular flexibility index (Phi) is 4.60. The van der Waals surface area contributed by atoms with Crippen LogP contribution in [0.5, 0.6) is 0 Å². The molecular weight excluding hydrogens is 326 g/mol. The molecule has 2 aromatic rings. The Morgan fingerprint density at radius 2 is 2.25 bits per heavy atom. The first kappa shape index (κ1) is 16.9. The van der Waals surface area contributed by atoms with Gasteiger partial charge in [-0.3, -0.25) is 14.3 Å². The van der Waals surface area contributed by atoms with Crippen LogP contribution < -0.4 is 10.6 Å². The van der Waals surface area contributed by atoms with Gasteiger partial charge in [-0.2, -0.15) is 5.10 Å². The van der Waals surface area contributed by atoms with Gasteiger partial charge in [-0.25, -0.2) is 0 Å². The summed E-state index contributed by atoms with van der Waals surface area (Å²) in [5.41, 5.74) is 0.904. The van der Waals surface area contributed by atoms with Crippen molar-refractivity contribution in [1.82, 2.24) is 25.3 Å². The molecule has 1 aliphatic rings. The van der Waals surface area contributed by atoms with Crippen LogP contribution in [0.25, 0.3) is 10.2 Å². The van der Waals surface area contributed by atoms with Gasteiger partial charge in [0.2, 0.25) is 5.91 Å². The van der Waals surface area contributed by atoms with E-state index in [-0.39, 0.29) is 17.9 Å². The first-order valence-corrected chi connectivity index (χ1v) is 8.95. The third kappa shape index (κ3) is 3.03. The van der Waals surface area contributed by atoms with E-state index in [4.69, 9.17) is 0 Å². The second kappa shape index (κ2) is 6.52. The highest BCUT2D eigenvalue weighted by atomic mass is 32.1. The van der Waals surface area contributed by atoms with Crippen LogP contribution in [0.4, 0.5) is 0 Å². The largest absolute Gasteiger partial charge is 0.340 e. The monoisotopic (exact) mass is 349 g/mol. The Balaban J connectivity index is 1.70. The van der Waals surface area contributed by atoms with Gasteiger partial charge in [0.05, 0.1) is 10.6 Å². The number of aromatic nitrogens is 2. The molecule has 0 saturated carbocycles. The van der Waals surface area contributed by atoms with Crippen LogP contribution in [-0.4, -0.2) is 58.2 Å². The molecule has 2 atom stereocenters. The average Bonchev–Trinajstić information content (AvgIpc) is 3.09. The lowest BCUT2D eigenvalue weighted by Crippen LogP contribution is -2.57. The Morgan fingerprint density at radius 3 is 2.92 bits per heavy atom. The minimum absolute atomic E-state index is 0.0312. The minimum atomic E-state index is -0.539. The molecule has 24 heavy (non-hydrogen) atoms. The lowest BCUT2D eigenvalue weighted by atomic mass is 10.1. The van der Waals surface area contributed by atoms with E-state index < -0.39 is 6.04 Å². The van der Waals surface area contributed by atoms with Gasteiger partial charge in [-0.05, 0) is 26.8 Å². The Morgan fingerprint density at radius 1 is 1.50 bits per heavy atom. The molecule has 1 aliphatic heterocycles. The number of piperazine rings is 1. The quantitative estimate of drug-likeness (QED) is 0.862. The van der Waals surface area contributed by atoms with E-state index in [1.165, 1.54) is 11.3 Å². The molecule has 1 fully saturated rings. The van der Waals surface area contributed by atoms with Crippen LogP contribution in [-0.2, 0) is 11.8 Å². The Bertz CT molecular complexity index is 746. The molecule has 2 amide bonds. The molecule has 0 radical (unpaired) electrons. The lowest BCUT2D eigenvalue weighted by molar-refractivity contribution is -0.135. The number of thiophene rings is 1. The molecule has 130 valence electrons. The summed E-state index contributed by atoms with van der Waals surface area (Å²) in [4.78, 5) is 28.5. The summed E-state index contributed by atoms with van der Waals surface area (Å²) in [6, 6.07) is 1.45. The number of nitrogens with zero attached hydrogens (tertiary/aromatic N) is 3. The maximum absolute atomic E-state index is 12.6. The van der Waals surface area contributed by atoms with Crippen LogP contribution in [0, 0.1) is 6.92 Å². The van der Waals surface area contributed by atoms with Crippen molar-refractivity contribution in [2.75, 3.05) is 19.6 Å². The normalized spacial score (nSPS) is 19.5. The number of nitrogens with one attached hydrogen (secondary N) is 2. The molecule has 1 saturated heterocycles. The number of amides is 2. The lowest BCUT2D eigenvalue weighted by Gasteiger charge is -2.35. The molecule has 3 heterocycles. The summed E-state index contributed by atoms with van der Waals surface area (Å²) in [5, 5.41) is 11.4. The molecule has 0 aliphatic carbocycles. The first-order valence-electron chi connectivity index (χ1n) is 8.13. The van der Waals surface area contributed by atoms with Crippen molar-refractivity contribution in [3.8, 4) is 0 Å². The summed E-state index contributed by atoms with van der Waals surface area (Å²) >= 11 is 1.40. The van der Waals surface area contributed by atoms with E-state index in [0.29, 0.717) is 11.4 Å². The molecule has 0 aromatic carbocycles. The van der Waals surface area contributed by atoms with E-state index in [0.717, 1.165) is 29.0 Å². The van der Waals surface area contributed by atoms with Crippen LogP contribution in [0.3, 0.4) is 0 Å². The van der Waals surface area contributed by atoms with Crippen molar-refractivity contribution in [3.63, 3.8) is 0 Å². The first-order chi connectivity index (χ1) is 11.4. The van der Waals surface area contributed by atoms with Crippen LogP contribution >= 0.6 is 11.3 Å². The number of carbonyl (C=O) groups is 2. The number of rotatable bonds is 3. The van der Waals surface area contributed by atoms with Crippen LogP contribution in [0.15, 0.2) is 6.07 Å². The van der Waals surface area contributed by atoms with Gasteiger partial charge in [0, 0.05) is 38.1 Å². The van der Waals surface area contributed by atoms with Crippen molar-refractivity contribution in [2.24, 2.45) is 7.05 Å². The zero-order chi connectivity index (χ0) is 17.4. The van der Waals surface area contributed by atoms with Gasteiger partial charge >= 0.3 is 0 Å². The second-order valence-corrected chi connectivity index (χ2v) is 7.35. The molecule has 2 N–H and O–H groups in total. The smallest absolute Gasteiger partial charge is 0.262 e. The molecular formula is C16H23N5O2S. The zero-order valence-corrected chi connectivity index (χ0v) is 15.2.